The molecule has 0 aliphatic rings. The zero-order valence-corrected chi connectivity index (χ0v) is 18.6. The summed E-state index contributed by atoms with van der Waals surface area (Å²) in [5.41, 5.74) is 0. The first-order valence-corrected chi connectivity index (χ1v) is 9.44. The number of rotatable bonds is 2. The lowest BCUT2D eigenvalue weighted by molar-refractivity contribution is -0.236. The van der Waals surface area contributed by atoms with E-state index in [0.717, 1.165) is 6.07 Å². The molecule has 0 saturated heterocycles. The van der Waals surface area contributed by atoms with Crippen LogP contribution in [-0.2, 0) is 0 Å². The molecule has 0 heterocycles. The van der Waals surface area contributed by atoms with Gasteiger partial charge in [-0.3, -0.25) is 0 Å². The highest BCUT2D eigenvalue weighted by Crippen LogP contribution is 2.37. The van der Waals surface area contributed by atoms with Crippen LogP contribution in [0.15, 0.2) is 36.1 Å². The summed E-state index contributed by atoms with van der Waals surface area (Å²) in [7, 11) is 0. The van der Waals surface area contributed by atoms with Gasteiger partial charge in [0.25, 0.3) is 0 Å². The monoisotopic (exact) mass is 656 g/mol. The Morgan fingerprint density at radius 1 is 0.778 bits per heavy atom. The molecule has 150 valence electrons. The van der Waals surface area contributed by atoms with Crippen LogP contribution in [0.4, 0.5) is 35.1 Å². The van der Waals surface area contributed by atoms with E-state index in [0.29, 0.717) is 10.5 Å². The van der Waals surface area contributed by atoms with Crippen LogP contribution in [0.3, 0.4) is 0 Å². The minimum atomic E-state index is -5.28. The Morgan fingerprint density at radius 3 is 1.81 bits per heavy atom. The SMILES string of the molecule is Fc1cc(OC(F)C(F)(F)F)c(Br)c(F)c1Br.Fc1ccc(Br)c(Br)c1F. The average Bonchev–Trinajstić information content (AvgIpc) is 2.59. The number of ether oxygens (including phenoxy) is 1. The Bertz CT molecular complexity index is 801. The zero-order valence-electron chi connectivity index (χ0n) is 12.3. The van der Waals surface area contributed by atoms with Crippen LogP contribution < -0.4 is 4.74 Å². The van der Waals surface area contributed by atoms with Crippen molar-refractivity contribution in [1.29, 1.82) is 0 Å². The first-order valence-electron chi connectivity index (χ1n) is 6.26. The summed E-state index contributed by atoms with van der Waals surface area (Å²) in [5.74, 6) is -5.08. The first-order chi connectivity index (χ1) is 12.3. The molecule has 27 heavy (non-hydrogen) atoms. The van der Waals surface area contributed by atoms with Crippen molar-refractivity contribution in [3.63, 3.8) is 0 Å². The third-order valence-electron chi connectivity index (χ3n) is 2.55. The summed E-state index contributed by atoms with van der Waals surface area (Å²) in [6.07, 6.45) is -8.95. The Hall–Kier alpha value is -0.400. The van der Waals surface area contributed by atoms with Gasteiger partial charge in [0.15, 0.2) is 17.5 Å². The maximum Gasteiger partial charge on any atom is 0.457 e. The van der Waals surface area contributed by atoms with Crippen LogP contribution in [0.2, 0.25) is 0 Å². The Morgan fingerprint density at radius 2 is 1.33 bits per heavy atom. The third-order valence-corrected chi connectivity index (χ3v) is 5.98. The molecule has 1 unspecified atom stereocenters. The molecule has 0 bridgehead atoms. The predicted octanol–water partition coefficient (Wildman–Crippen LogP) is 8.22. The van der Waals surface area contributed by atoms with Gasteiger partial charge in [-0.15, -0.1) is 0 Å². The van der Waals surface area contributed by atoms with Crippen LogP contribution >= 0.6 is 63.7 Å². The van der Waals surface area contributed by atoms with Gasteiger partial charge in [-0.2, -0.15) is 17.6 Å². The fourth-order valence-corrected chi connectivity index (χ4v) is 2.93. The molecule has 0 amide bonds. The van der Waals surface area contributed by atoms with Gasteiger partial charge in [0.1, 0.15) is 11.6 Å². The van der Waals surface area contributed by atoms with Gasteiger partial charge in [0.2, 0.25) is 0 Å². The Balaban J connectivity index is 0.000000309. The van der Waals surface area contributed by atoms with Crippen LogP contribution in [-0.4, -0.2) is 12.5 Å². The van der Waals surface area contributed by atoms with Crippen molar-refractivity contribution in [3.8, 4) is 5.75 Å². The van der Waals surface area contributed by atoms with Gasteiger partial charge in [0.05, 0.1) is 13.4 Å². The molecule has 0 radical (unpaired) electrons. The van der Waals surface area contributed by atoms with E-state index in [1.165, 1.54) is 6.07 Å². The van der Waals surface area contributed by atoms with E-state index in [9.17, 15) is 35.1 Å². The smallest absolute Gasteiger partial charge is 0.451 e. The molecule has 0 N–H and O–H groups in total. The Labute approximate surface area is 180 Å². The van der Waals surface area contributed by atoms with E-state index in [4.69, 9.17) is 0 Å². The topological polar surface area (TPSA) is 9.23 Å². The maximum absolute atomic E-state index is 13.2. The van der Waals surface area contributed by atoms with Crippen LogP contribution in [0, 0.1) is 23.3 Å². The molecule has 0 saturated carbocycles. The highest BCUT2D eigenvalue weighted by Gasteiger charge is 2.43. The lowest BCUT2D eigenvalue weighted by atomic mass is 10.3. The van der Waals surface area contributed by atoms with Crippen molar-refractivity contribution in [1.82, 2.24) is 0 Å². The lowest BCUT2D eigenvalue weighted by Crippen LogP contribution is -2.30. The van der Waals surface area contributed by atoms with Crippen molar-refractivity contribution in [2.45, 2.75) is 12.5 Å². The second kappa shape index (κ2) is 9.88. The quantitative estimate of drug-likeness (QED) is 0.179. The van der Waals surface area contributed by atoms with Crippen LogP contribution in [0.25, 0.3) is 0 Å². The molecule has 0 spiro atoms. The molecule has 0 aromatic heterocycles. The molecule has 2 aromatic rings. The zero-order chi connectivity index (χ0) is 21.1. The molecular weight excluding hydrogens is 656 g/mol. The van der Waals surface area contributed by atoms with Crippen molar-refractivity contribution in [2.75, 3.05) is 0 Å². The van der Waals surface area contributed by atoms with E-state index in [2.05, 4.69) is 68.5 Å². The summed E-state index contributed by atoms with van der Waals surface area (Å²) < 4.78 is 102. The molecule has 0 aliphatic heterocycles. The highest BCUT2D eigenvalue weighted by atomic mass is 79.9. The average molecular weight is 660 g/mol. The van der Waals surface area contributed by atoms with E-state index in [1.807, 2.05) is 0 Å². The molecule has 2 rings (SSSR count). The minimum Gasteiger partial charge on any atom is -0.451 e. The second-order valence-corrected chi connectivity index (χ2v) is 7.66. The van der Waals surface area contributed by atoms with Gasteiger partial charge in [-0.05, 0) is 75.9 Å². The summed E-state index contributed by atoms with van der Waals surface area (Å²) in [6, 6.07) is 2.92. The molecular formula is C14H4Br4F8O. The first kappa shape index (κ1) is 24.6. The summed E-state index contributed by atoms with van der Waals surface area (Å²) in [5, 5.41) is 0. The third kappa shape index (κ3) is 6.57. The van der Waals surface area contributed by atoms with E-state index < -0.39 is 50.5 Å². The van der Waals surface area contributed by atoms with Crippen LogP contribution in [0.1, 0.15) is 0 Å². The fraction of sp³-hybridized carbons (Fsp3) is 0.143. The second-order valence-electron chi connectivity index (χ2n) is 4.43. The van der Waals surface area contributed by atoms with Gasteiger partial charge < -0.3 is 4.74 Å². The van der Waals surface area contributed by atoms with Gasteiger partial charge in [0, 0.05) is 10.5 Å². The number of alkyl halides is 4. The van der Waals surface area contributed by atoms with E-state index in [1.54, 1.807) is 0 Å². The summed E-state index contributed by atoms with van der Waals surface area (Å²) in [6.45, 7) is 0. The van der Waals surface area contributed by atoms with Crippen molar-refractivity contribution in [2.24, 2.45) is 0 Å². The number of halogens is 12. The van der Waals surface area contributed by atoms with Gasteiger partial charge in [-0.1, -0.05) is 0 Å². The van der Waals surface area contributed by atoms with E-state index >= 15 is 0 Å². The molecule has 0 aliphatic carbocycles. The fourth-order valence-electron chi connectivity index (χ4n) is 1.32. The maximum atomic E-state index is 13.2. The molecule has 1 atom stereocenters. The molecule has 0 fully saturated rings. The Kier molecular flexibility index (Phi) is 9.01. The van der Waals surface area contributed by atoms with Crippen molar-refractivity contribution < 1.29 is 39.9 Å². The molecule has 1 nitrogen and oxygen atoms in total. The van der Waals surface area contributed by atoms with Crippen molar-refractivity contribution in [3.05, 3.63) is 59.4 Å². The normalized spacial score (nSPS) is 12.3. The molecule has 2 aromatic carbocycles. The minimum absolute atomic E-state index is 0.118. The standard InChI is InChI=1S/C8H2Br2F6O.C6H2Br2F2/c9-4-2(11)1-3(5(10)6(4)12)17-7(13)8(14,15)16;7-3-1-2-4(9)6(10)5(3)8/h1,7H;1-2H. The van der Waals surface area contributed by atoms with Crippen LogP contribution in [0.5, 0.6) is 5.75 Å². The highest BCUT2D eigenvalue weighted by molar-refractivity contribution is 9.13. The van der Waals surface area contributed by atoms with Crippen molar-refractivity contribution >= 4 is 63.7 Å². The summed E-state index contributed by atoms with van der Waals surface area (Å²) in [4.78, 5) is 0. The molecule has 13 heteroatoms. The summed E-state index contributed by atoms with van der Waals surface area (Å²) >= 11 is 10.9. The predicted molar refractivity (Wildman–Crippen MR) is 95.1 cm³/mol. The number of hydrogen-bond acceptors (Lipinski definition) is 1. The van der Waals surface area contributed by atoms with Gasteiger partial charge in [-0.25, -0.2) is 17.6 Å². The van der Waals surface area contributed by atoms with Gasteiger partial charge >= 0.3 is 12.5 Å². The van der Waals surface area contributed by atoms with E-state index in [-0.39, 0.29) is 4.47 Å². The number of benzene rings is 2. The lowest BCUT2D eigenvalue weighted by Gasteiger charge is -2.16. The largest absolute Gasteiger partial charge is 0.457 e. The number of hydrogen-bond donors (Lipinski definition) is 0.